The van der Waals surface area contributed by atoms with Gasteiger partial charge in [0.1, 0.15) is 18.1 Å². The second kappa shape index (κ2) is 17.7. The zero-order chi connectivity index (χ0) is 33.7. The number of rotatable bonds is 16. The summed E-state index contributed by atoms with van der Waals surface area (Å²) in [4.78, 5) is 90.5. The molecule has 6 N–H and O–H groups in total. The first kappa shape index (κ1) is 36.7. The fourth-order valence-corrected chi connectivity index (χ4v) is 4.81. The van der Waals surface area contributed by atoms with Crippen LogP contribution in [0.15, 0.2) is 30.3 Å². The molecule has 1 saturated heterocycles. The molecule has 0 bridgehead atoms. The highest BCUT2D eigenvalue weighted by molar-refractivity contribution is 6.38. The minimum atomic E-state index is -1.20. The number of carbonyl (C=O) groups excluding carboxylic acids is 7. The summed E-state index contributed by atoms with van der Waals surface area (Å²) in [6, 6.07) is 4.12. The topological polar surface area (TPSA) is 206 Å². The molecule has 2 rings (SSSR count). The number of nitrogens with one attached hydrogen (secondary N) is 4. The average Bonchev–Trinajstić information content (AvgIpc) is 3.50. The Kier molecular flexibility index (Phi) is 14.4. The minimum Gasteiger partial charge on any atom is -0.449 e. The van der Waals surface area contributed by atoms with Crippen LogP contribution in [-0.2, 0) is 33.5 Å². The first-order valence-corrected chi connectivity index (χ1v) is 15.3. The molecule has 1 heterocycles. The van der Waals surface area contributed by atoms with Gasteiger partial charge < -0.3 is 36.6 Å². The van der Waals surface area contributed by atoms with Crippen LogP contribution in [0.2, 0.25) is 0 Å². The van der Waals surface area contributed by atoms with Crippen molar-refractivity contribution in [2.24, 2.45) is 17.6 Å². The monoisotopic (exact) mass is 630 g/mol. The molecule has 0 aromatic heterocycles. The number of likely N-dealkylation sites (tertiary alicyclic amines) is 1. The van der Waals surface area contributed by atoms with Gasteiger partial charge in [0.05, 0.1) is 19.2 Å². The molecule has 1 aliphatic rings. The number of alkyl carbamates (subject to hydrolysis) is 1. The minimum absolute atomic E-state index is 0.113. The molecule has 14 heteroatoms. The molecule has 6 amide bonds. The number of ketones is 1. The molecule has 1 aromatic carbocycles. The maximum Gasteiger partial charge on any atom is 0.407 e. The number of hydrogen-bond donors (Lipinski definition) is 5. The average molecular weight is 631 g/mol. The number of primary amides is 1. The summed E-state index contributed by atoms with van der Waals surface area (Å²) < 4.78 is 5.16. The smallest absolute Gasteiger partial charge is 0.407 e. The van der Waals surface area contributed by atoms with E-state index in [1.54, 1.807) is 51.1 Å². The lowest BCUT2D eigenvalue weighted by Crippen LogP contribution is -2.57. The molecule has 3 unspecified atom stereocenters. The molecule has 4 atom stereocenters. The third-order valence-electron chi connectivity index (χ3n) is 7.16. The Balaban J connectivity index is 2.02. The van der Waals surface area contributed by atoms with Crippen LogP contribution in [0.5, 0.6) is 0 Å². The van der Waals surface area contributed by atoms with Gasteiger partial charge in [-0.25, -0.2) is 4.79 Å². The van der Waals surface area contributed by atoms with Gasteiger partial charge >= 0.3 is 6.09 Å². The first-order chi connectivity index (χ1) is 21.3. The van der Waals surface area contributed by atoms with Crippen LogP contribution < -0.4 is 27.0 Å². The molecule has 0 aliphatic carbocycles. The van der Waals surface area contributed by atoms with E-state index in [0.717, 1.165) is 0 Å². The molecular formula is C31H46N6O8. The zero-order valence-corrected chi connectivity index (χ0v) is 26.6. The number of nitrogens with zero attached hydrogens (tertiary/aromatic N) is 1. The van der Waals surface area contributed by atoms with Crippen molar-refractivity contribution in [3.63, 3.8) is 0 Å². The van der Waals surface area contributed by atoms with E-state index in [0.29, 0.717) is 24.8 Å². The van der Waals surface area contributed by atoms with Gasteiger partial charge in [-0.2, -0.15) is 0 Å². The number of Topliss-reactive ketones (excluding diaryl/α,β-unsaturated/α-hetero) is 1. The van der Waals surface area contributed by atoms with Gasteiger partial charge in [-0.3, -0.25) is 28.8 Å². The lowest BCUT2D eigenvalue weighted by atomic mass is 10.0. The summed E-state index contributed by atoms with van der Waals surface area (Å²) in [6.45, 7) is 8.93. The highest BCUT2D eigenvalue weighted by Crippen LogP contribution is 2.21. The van der Waals surface area contributed by atoms with Crippen LogP contribution >= 0.6 is 0 Å². The SMILES string of the molecule is CCCC(NC(=O)[C@@H]1CCCN1C(=O)C(NC(=O)OCC(C)C)C(C)C)C(=O)C(=O)NCC(=O)NC(C(N)=O)c1ccccc1. The van der Waals surface area contributed by atoms with Crippen molar-refractivity contribution in [2.75, 3.05) is 19.7 Å². The van der Waals surface area contributed by atoms with Gasteiger partial charge in [-0.15, -0.1) is 0 Å². The predicted molar refractivity (Wildman–Crippen MR) is 164 cm³/mol. The molecule has 14 nitrogen and oxygen atoms in total. The van der Waals surface area contributed by atoms with Crippen LogP contribution in [0, 0.1) is 11.8 Å². The maximum absolute atomic E-state index is 13.5. The van der Waals surface area contributed by atoms with Gasteiger partial charge in [0.2, 0.25) is 29.4 Å². The Morgan fingerprint density at radius 3 is 2.22 bits per heavy atom. The third kappa shape index (κ3) is 11.2. The van der Waals surface area contributed by atoms with Crippen LogP contribution in [-0.4, -0.2) is 84.1 Å². The fourth-order valence-electron chi connectivity index (χ4n) is 4.81. The van der Waals surface area contributed by atoms with E-state index in [1.165, 1.54) is 4.90 Å². The number of ether oxygens (including phenoxy) is 1. The first-order valence-electron chi connectivity index (χ1n) is 15.3. The summed E-state index contributed by atoms with van der Waals surface area (Å²) in [5, 5.41) is 9.86. The van der Waals surface area contributed by atoms with E-state index in [9.17, 15) is 33.6 Å². The highest BCUT2D eigenvalue weighted by Gasteiger charge is 2.40. The summed E-state index contributed by atoms with van der Waals surface area (Å²) in [5.41, 5.74) is 5.86. The number of hydrogen-bond acceptors (Lipinski definition) is 8. The van der Waals surface area contributed by atoms with E-state index in [2.05, 4.69) is 21.3 Å². The van der Waals surface area contributed by atoms with Crippen LogP contribution in [0.1, 0.15) is 71.9 Å². The Hall–Kier alpha value is -4.49. The molecule has 1 fully saturated rings. The van der Waals surface area contributed by atoms with Crippen molar-refractivity contribution < 1.29 is 38.3 Å². The second-order valence-corrected chi connectivity index (χ2v) is 11.8. The lowest BCUT2D eigenvalue weighted by molar-refractivity contribution is -0.143. The molecule has 45 heavy (non-hydrogen) atoms. The Morgan fingerprint density at radius 2 is 1.64 bits per heavy atom. The van der Waals surface area contributed by atoms with Crippen molar-refractivity contribution in [3.8, 4) is 0 Å². The molecule has 0 spiro atoms. The number of nitrogens with two attached hydrogens (primary N) is 1. The Labute approximate surface area is 263 Å². The van der Waals surface area contributed by atoms with Crippen LogP contribution in [0.4, 0.5) is 4.79 Å². The van der Waals surface area contributed by atoms with Gasteiger partial charge in [0.25, 0.3) is 5.91 Å². The third-order valence-corrected chi connectivity index (χ3v) is 7.16. The number of benzene rings is 1. The van der Waals surface area contributed by atoms with E-state index in [1.807, 2.05) is 13.8 Å². The molecule has 1 aromatic rings. The largest absolute Gasteiger partial charge is 0.449 e. The molecular weight excluding hydrogens is 584 g/mol. The molecule has 1 aliphatic heterocycles. The standard InChI is InChI=1S/C31H46N6O8/c1-6-11-21(26(39)29(42)33-16-23(38)35-25(27(32)40)20-12-8-7-9-13-20)34-28(41)22-14-10-15-37(22)30(43)24(19(4)5)36-31(44)45-17-18(2)3/h7-9,12-13,18-19,21-22,24-25H,6,10-11,14-17H2,1-5H3,(H2,32,40)(H,33,42)(H,34,41)(H,35,38)(H,36,44)/t21?,22-,24?,25?/m0/s1. The summed E-state index contributed by atoms with van der Waals surface area (Å²) in [5.74, 6) is -4.84. The number of carbonyl (C=O) groups is 7. The molecule has 248 valence electrons. The predicted octanol–water partition coefficient (Wildman–Crippen LogP) is 0.697. The van der Waals surface area contributed by atoms with Gasteiger partial charge in [-0.1, -0.05) is 71.4 Å². The van der Waals surface area contributed by atoms with Gasteiger partial charge in [0.15, 0.2) is 0 Å². The van der Waals surface area contributed by atoms with Gasteiger partial charge in [-0.05, 0) is 36.7 Å². The normalized spacial score (nSPS) is 16.3. The van der Waals surface area contributed by atoms with Crippen molar-refractivity contribution in [2.45, 2.75) is 84.5 Å². The van der Waals surface area contributed by atoms with E-state index >= 15 is 0 Å². The highest BCUT2D eigenvalue weighted by atomic mass is 16.5. The second-order valence-electron chi connectivity index (χ2n) is 11.8. The van der Waals surface area contributed by atoms with Crippen molar-refractivity contribution in [3.05, 3.63) is 35.9 Å². The quantitative estimate of drug-likeness (QED) is 0.164. The fraction of sp³-hybridized carbons (Fsp3) is 0.581. The summed E-state index contributed by atoms with van der Waals surface area (Å²) in [6.07, 6.45) is 0.730. The van der Waals surface area contributed by atoms with E-state index < -0.39 is 72.1 Å². The lowest BCUT2D eigenvalue weighted by Gasteiger charge is -2.31. The van der Waals surface area contributed by atoms with Crippen LogP contribution in [0.25, 0.3) is 0 Å². The summed E-state index contributed by atoms with van der Waals surface area (Å²) >= 11 is 0. The van der Waals surface area contributed by atoms with Crippen LogP contribution in [0.3, 0.4) is 0 Å². The summed E-state index contributed by atoms with van der Waals surface area (Å²) in [7, 11) is 0. The van der Waals surface area contributed by atoms with E-state index in [-0.39, 0.29) is 31.4 Å². The van der Waals surface area contributed by atoms with Gasteiger partial charge in [0, 0.05) is 6.54 Å². The number of amides is 6. The molecule has 0 saturated carbocycles. The van der Waals surface area contributed by atoms with Crippen molar-refractivity contribution >= 4 is 41.4 Å². The Bertz CT molecular complexity index is 1220. The zero-order valence-electron chi connectivity index (χ0n) is 26.6. The van der Waals surface area contributed by atoms with Crippen molar-refractivity contribution in [1.82, 2.24) is 26.2 Å². The van der Waals surface area contributed by atoms with E-state index in [4.69, 9.17) is 10.5 Å². The Morgan fingerprint density at radius 1 is 0.978 bits per heavy atom. The molecule has 0 radical (unpaired) electrons. The van der Waals surface area contributed by atoms with Crippen molar-refractivity contribution in [1.29, 1.82) is 0 Å². The maximum atomic E-state index is 13.5.